The topological polar surface area (TPSA) is 67.9 Å². The van der Waals surface area contributed by atoms with Gasteiger partial charge in [0.25, 0.3) is 5.91 Å². The van der Waals surface area contributed by atoms with E-state index in [1.54, 1.807) is 23.1 Å². The molecule has 2 heterocycles. The third-order valence-electron chi connectivity index (χ3n) is 4.52. The van der Waals surface area contributed by atoms with Gasteiger partial charge in [-0.05, 0) is 35.7 Å². The zero-order valence-electron chi connectivity index (χ0n) is 13.7. The molecular formula is C19H18N2O4. The minimum absolute atomic E-state index is 0.0184. The normalized spacial score (nSPS) is 14.8. The maximum absolute atomic E-state index is 12.4. The highest BCUT2D eigenvalue weighted by Gasteiger charge is 2.21. The monoisotopic (exact) mass is 338 g/mol. The van der Waals surface area contributed by atoms with Crippen LogP contribution in [-0.2, 0) is 17.8 Å². The zero-order chi connectivity index (χ0) is 17.2. The largest absolute Gasteiger partial charge is 0.454 e. The van der Waals surface area contributed by atoms with Gasteiger partial charge in [0.15, 0.2) is 11.5 Å². The number of ether oxygens (including phenoxy) is 2. The summed E-state index contributed by atoms with van der Waals surface area (Å²) in [7, 11) is 0. The number of benzene rings is 2. The van der Waals surface area contributed by atoms with Gasteiger partial charge in [-0.3, -0.25) is 9.59 Å². The van der Waals surface area contributed by atoms with E-state index in [0.29, 0.717) is 30.2 Å². The van der Waals surface area contributed by atoms with Crippen molar-refractivity contribution in [3.63, 3.8) is 0 Å². The van der Waals surface area contributed by atoms with Crippen LogP contribution in [0.5, 0.6) is 11.5 Å². The smallest absolute Gasteiger partial charge is 0.251 e. The van der Waals surface area contributed by atoms with E-state index in [-0.39, 0.29) is 25.2 Å². The van der Waals surface area contributed by atoms with Gasteiger partial charge in [-0.2, -0.15) is 0 Å². The summed E-state index contributed by atoms with van der Waals surface area (Å²) in [5, 5.41) is 2.68. The molecule has 2 amide bonds. The van der Waals surface area contributed by atoms with Crippen molar-refractivity contribution in [3.05, 3.63) is 59.2 Å². The van der Waals surface area contributed by atoms with Gasteiger partial charge in [0.2, 0.25) is 12.7 Å². The van der Waals surface area contributed by atoms with E-state index < -0.39 is 0 Å². The standard InChI is InChI=1S/C19H18N2O4/c22-18(21-8-7-13-3-1-2-4-15(13)11-21)10-20-19(23)14-5-6-16-17(9-14)25-12-24-16/h1-6,9H,7-8,10-12H2,(H,20,23). The first kappa shape index (κ1) is 15.5. The lowest BCUT2D eigenvalue weighted by molar-refractivity contribution is -0.131. The molecule has 2 aliphatic rings. The SMILES string of the molecule is O=C(NCC(=O)N1CCc2ccccc2C1)c1ccc2c(c1)OCO2. The molecule has 6 nitrogen and oxygen atoms in total. The molecule has 0 bridgehead atoms. The van der Waals surface area contributed by atoms with E-state index in [2.05, 4.69) is 11.4 Å². The van der Waals surface area contributed by atoms with Gasteiger partial charge in [-0.15, -0.1) is 0 Å². The summed E-state index contributed by atoms with van der Waals surface area (Å²) in [6.07, 6.45) is 0.845. The average Bonchev–Trinajstić information content (AvgIpc) is 3.13. The average molecular weight is 338 g/mol. The molecule has 0 aliphatic carbocycles. The number of hydrogen-bond acceptors (Lipinski definition) is 4. The summed E-state index contributed by atoms with van der Waals surface area (Å²) in [6.45, 7) is 1.41. The van der Waals surface area contributed by atoms with Gasteiger partial charge in [0.05, 0.1) is 6.54 Å². The molecular weight excluding hydrogens is 320 g/mol. The van der Waals surface area contributed by atoms with Crippen LogP contribution in [0.1, 0.15) is 21.5 Å². The Morgan fingerprint density at radius 2 is 1.84 bits per heavy atom. The Morgan fingerprint density at radius 1 is 1.04 bits per heavy atom. The Morgan fingerprint density at radius 3 is 2.72 bits per heavy atom. The fourth-order valence-corrected chi connectivity index (χ4v) is 3.12. The van der Waals surface area contributed by atoms with Crippen molar-refractivity contribution < 1.29 is 19.1 Å². The first-order valence-corrected chi connectivity index (χ1v) is 8.23. The number of rotatable bonds is 3. The molecule has 25 heavy (non-hydrogen) atoms. The Balaban J connectivity index is 1.35. The lowest BCUT2D eigenvalue weighted by Gasteiger charge is -2.29. The number of amides is 2. The van der Waals surface area contributed by atoms with Crippen LogP contribution in [0.25, 0.3) is 0 Å². The zero-order valence-corrected chi connectivity index (χ0v) is 13.7. The number of carbonyl (C=O) groups excluding carboxylic acids is 2. The van der Waals surface area contributed by atoms with Crippen molar-refractivity contribution in [1.82, 2.24) is 10.2 Å². The number of hydrogen-bond donors (Lipinski definition) is 1. The number of nitrogens with zero attached hydrogens (tertiary/aromatic N) is 1. The fraction of sp³-hybridized carbons (Fsp3) is 0.263. The number of nitrogens with one attached hydrogen (secondary N) is 1. The molecule has 2 aromatic rings. The molecule has 0 radical (unpaired) electrons. The highest BCUT2D eigenvalue weighted by atomic mass is 16.7. The molecule has 0 aromatic heterocycles. The van der Waals surface area contributed by atoms with Crippen molar-refractivity contribution in [2.45, 2.75) is 13.0 Å². The molecule has 128 valence electrons. The Kier molecular flexibility index (Phi) is 4.01. The van der Waals surface area contributed by atoms with E-state index in [1.807, 2.05) is 18.2 Å². The van der Waals surface area contributed by atoms with Crippen molar-refractivity contribution in [1.29, 1.82) is 0 Å². The van der Waals surface area contributed by atoms with Gasteiger partial charge in [0.1, 0.15) is 0 Å². The van der Waals surface area contributed by atoms with E-state index in [0.717, 1.165) is 6.42 Å². The molecule has 2 aromatic carbocycles. The molecule has 4 rings (SSSR count). The molecule has 0 saturated heterocycles. The van der Waals surface area contributed by atoms with Gasteiger partial charge in [-0.25, -0.2) is 0 Å². The lowest BCUT2D eigenvalue weighted by Crippen LogP contribution is -2.42. The van der Waals surface area contributed by atoms with Crippen LogP contribution in [0, 0.1) is 0 Å². The van der Waals surface area contributed by atoms with Crippen LogP contribution < -0.4 is 14.8 Å². The third kappa shape index (κ3) is 3.15. The highest BCUT2D eigenvalue weighted by molar-refractivity contribution is 5.97. The van der Waals surface area contributed by atoms with Gasteiger partial charge in [-0.1, -0.05) is 24.3 Å². The van der Waals surface area contributed by atoms with Crippen molar-refractivity contribution in [3.8, 4) is 11.5 Å². The summed E-state index contributed by atoms with van der Waals surface area (Å²) >= 11 is 0. The predicted molar refractivity (Wildman–Crippen MR) is 90.5 cm³/mol. The molecule has 0 fully saturated rings. The molecule has 0 spiro atoms. The van der Waals surface area contributed by atoms with Crippen LogP contribution >= 0.6 is 0 Å². The second kappa shape index (κ2) is 6.47. The van der Waals surface area contributed by atoms with Gasteiger partial charge >= 0.3 is 0 Å². The molecule has 1 N–H and O–H groups in total. The summed E-state index contributed by atoms with van der Waals surface area (Å²) in [4.78, 5) is 26.4. The molecule has 6 heteroatoms. The highest BCUT2D eigenvalue weighted by Crippen LogP contribution is 2.32. The maximum atomic E-state index is 12.4. The van der Waals surface area contributed by atoms with Crippen molar-refractivity contribution >= 4 is 11.8 Å². The Hall–Kier alpha value is -3.02. The van der Waals surface area contributed by atoms with Crippen molar-refractivity contribution in [2.75, 3.05) is 19.9 Å². The summed E-state index contributed by atoms with van der Waals surface area (Å²) < 4.78 is 10.5. The second-order valence-electron chi connectivity index (χ2n) is 6.08. The lowest BCUT2D eigenvalue weighted by atomic mass is 10.00. The van der Waals surface area contributed by atoms with Crippen LogP contribution in [0.3, 0.4) is 0 Å². The summed E-state index contributed by atoms with van der Waals surface area (Å²) in [5.74, 6) is 0.791. The van der Waals surface area contributed by atoms with E-state index in [1.165, 1.54) is 11.1 Å². The van der Waals surface area contributed by atoms with Crippen LogP contribution in [0.15, 0.2) is 42.5 Å². The van der Waals surface area contributed by atoms with E-state index in [9.17, 15) is 9.59 Å². The Labute approximate surface area is 145 Å². The molecule has 0 unspecified atom stereocenters. The van der Waals surface area contributed by atoms with Gasteiger partial charge < -0.3 is 19.7 Å². The van der Waals surface area contributed by atoms with E-state index in [4.69, 9.17) is 9.47 Å². The first-order valence-electron chi connectivity index (χ1n) is 8.23. The first-order chi connectivity index (χ1) is 12.2. The number of fused-ring (bicyclic) bond motifs is 2. The summed E-state index contributed by atoms with van der Waals surface area (Å²) in [5.41, 5.74) is 2.90. The molecule has 2 aliphatic heterocycles. The predicted octanol–water partition coefficient (Wildman–Crippen LogP) is 1.73. The summed E-state index contributed by atoms with van der Waals surface area (Å²) in [6, 6.07) is 13.1. The maximum Gasteiger partial charge on any atom is 0.251 e. The van der Waals surface area contributed by atoms with Crippen LogP contribution in [0.4, 0.5) is 0 Å². The molecule has 0 atom stereocenters. The minimum atomic E-state index is -0.302. The van der Waals surface area contributed by atoms with E-state index >= 15 is 0 Å². The molecule has 0 saturated carbocycles. The minimum Gasteiger partial charge on any atom is -0.454 e. The van der Waals surface area contributed by atoms with Crippen molar-refractivity contribution in [2.24, 2.45) is 0 Å². The second-order valence-corrected chi connectivity index (χ2v) is 6.08. The van der Waals surface area contributed by atoms with Crippen LogP contribution in [-0.4, -0.2) is 36.6 Å². The quantitative estimate of drug-likeness (QED) is 0.925. The number of carbonyl (C=O) groups is 2. The Bertz CT molecular complexity index is 834. The third-order valence-corrected chi connectivity index (χ3v) is 4.52. The van der Waals surface area contributed by atoms with Crippen LogP contribution in [0.2, 0.25) is 0 Å². The fourth-order valence-electron chi connectivity index (χ4n) is 3.12. The van der Waals surface area contributed by atoms with Gasteiger partial charge in [0, 0.05) is 18.7 Å².